The van der Waals surface area contributed by atoms with Crippen LogP contribution >= 0.6 is 11.6 Å². The Balaban J connectivity index is 1.48. The molecule has 0 aliphatic heterocycles. The normalized spacial score (nSPS) is 12.0. The molecule has 0 unspecified atom stereocenters. The van der Waals surface area contributed by atoms with Crippen molar-refractivity contribution in [2.24, 2.45) is 0 Å². The van der Waals surface area contributed by atoms with E-state index in [0.717, 1.165) is 0 Å². The molecule has 3 aromatic heterocycles. The van der Waals surface area contributed by atoms with Gasteiger partial charge in [0.25, 0.3) is 5.56 Å². The lowest BCUT2D eigenvalue weighted by atomic mass is 10.0. The smallest absolute Gasteiger partial charge is 0.335 e. The molecule has 0 aliphatic rings. The van der Waals surface area contributed by atoms with Crippen molar-refractivity contribution in [3.63, 3.8) is 0 Å². The van der Waals surface area contributed by atoms with Gasteiger partial charge in [0.15, 0.2) is 17.2 Å². The van der Waals surface area contributed by atoms with Gasteiger partial charge in [0.1, 0.15) is 29.7 Å². The summed E-state index contributed by atoms with van der Waals surface area (Å²) >= 11 is 6.91. The van der Waals surface area contributed by atoms with Crippen LogP contribution in [0.2, 0.25) is 5.02 Å². The molecule has 7 rings (SSSR count). The minimum atomic E-state index is -1.20. The van der Waals surface area contributed by atoms with Crippen LogP contribution in [0.25, 0.3) is 50.0 Å². The third-order valence-electron chi connectivity index (χ3n) is 8.22. The number of nitrogen functional groups attached to an aromatic ring is 1. The van der Waals surface area contributed by atoms with Gasteiger partial charge in [-0.2, -0.15) is 9.49 Å². The van der Waals surface area contributed by atoms with Crippen molar-refractivity contribution >= 4 is 45.3 Å². The van der Waals surface area contributed by atoms with Gasteiger partial charge in [0.2, 0.25) is 5.82 Å². The summed E-state index contributed by atoms with van der Waals surface area (Å²) in [7, 11) is 1.23. The Morgan fingerprint density at radius 1 is 0.959 bits per heavy atom. The van der Waals surface area contributed by atoms with Crippen molar-refractivity contribution in [3.8, 4) is 33.8 Å². The third-order valence-corrected chi connectivity index (χ3v) is 8.61. The standard InChI is InChI=1S/C35H24ClF2N7O4/c1-17(45-33-26(31(39)40-16-41-33)30(43-45)22-12-14-24(49-2)29(38)28(22)37)32-42-23-13-11-21(18-7-6-8-19(15-18)35(47)48)27(36)25(23)34(46)44(32)20-9-4-3-5-10-20/h3-17H,1-2H3,(H,47,48)(H2,39,40,41)/t17-/m0/s1. The fraction of sp³-hybridized carbons (Fsp3) is 0.0857. The SMILES string of the molecule is COc1ccc(-c2nn([C@@H](C)c3nc4ccc(-c5cccc(C(=O)O)c5)c(Cl)c4c(=O)n3-c3ccccc3)c3ncnc(N)c23)c(F)c1F. The van der Waals surface area contributed by atoms with Crippen molar-refractivity contribution in [1.82, 2.24) is 29.3 Å². The van der Waals surface area contributed by atoms with Gasteiger partial charge in [-0.25, -0.2) is 28.8 Å². The molecule has 1 atom stereocenters. The van der Waals surface area contributed by atoms with Gasteiger partial charge in [-0.05, 0) is 55.0 Å². The first-order chi connectivity index (χ1) is 23.6. The maximum Gasteiger partial charge on any atom is 0.335 e. The number of benzene rings is 4. The van der Waals surface area contributed by atoms with Crippen LogP contribution in [-0.4, -0.2) is 47.5 Å². The van der Waals surface area contributed by atoms with Gasteiger partial charge < -0.3 is 15.6 Å². The molecule has 0 spiro atoms. The molecule has 3 heterocycles. The Hall–Kier alpha value is -6.21. The lowest BCUT2D eigenvalue weighted by Gasteiger charge is -2.20. The number of nitrogens with zero attached hydrogens (tertiary/aromatic N) is 6. The van der Waals surface area contributed by atoms with E-state index in [-0.39, 0.29) is 61.2 Å². The van der Waals surface area contributed by atoms with E-state index in [4.69, 9.17) is 27.1 Å². The number of carboxylic acids is 1. The number of carboxylic acid groups (broad SMARTS) is 1. The average Bonchev–Trinajstić information content (AvgIpc) is 3.50. The van der Waals surface area contributed by atoms with Crippen LogP contribution < -0.4 is 16.0 Å². The molecule has 7 aromatic rings. The van der Waals surface area contributed by atoms with E-state index in [1.165, 1.54) is 47.0 Å². The van der Waals surface area contributed by atoms with Gasteiger partial charge in [-0.1, -0.05) is 48.0 Å². The molecule has 14 heteroatoms. The Bertz CT molecular complexity index is 2520. The van der Waals surface area contributed by atoms with E-state index in [2.05, 4.69) is 15.1 Å². The highest BCUT2D eigenvalue weighted by Crippen LogP contribution is 2.38. The first-order valence-corrected chi connectivity index (χ1v) is 15.1. The number of halogens is 3. The number of hydrogen-bond donors (Lipinski definition) is 2. The maximum atomic E-state index is 15.4. The van der Waals surface area contributed by atoms with Crippen LogP contribution in [-0.2, 0) is 0 Å². The summed E-state index contributed by atoms with van der Waals surface area (Å²) in [4.78, 5) is 39.5. The van der Waals surface area contributed by atoms with Crippen LogP contribution in [0.4, 0.5) is 14.6 Å². The van der Waals surface area contributed by atoms with Crippen LogP contribution in [0.3, 0.4) is 0 Å². The predicted molar refractivity (Wildman–Crippen MR) is 180 cm³/mol. The van der Waals surface area contributed by atoms with Crippen LogP contribution in [0.15, 0.2) is 90.0 Å². The largest absolute Gasteiger partial charge is 0.494 e. The van der Waals surface area contributed by atoms with Crippen LogP contribution in [0.5, 0.6) is 5.75 Å². The molecule has 4 aromatic carbocycles. The quantitative estimate of drug-likeness (QED) is 0.188. The van der Waals surface area contributed by atoms with Gasteiger partial charge in [-0.3, -0.25) is 9.36 Å². The molecule has 0 fully saturated rings. The molecule has 3 N–H and O–H groups in total. The number of anilines is 1. The molecule has 0 amide bonds. The molecule has 0 aliphatic carbocycles. The minimum absolute atomic E-state index is 0.0210. The molecule has 0 saturated heterocycles. The Morgan fingerprint density at radius 2 is 1.71 bits per heavy atom. The zero-order chi connectivity index (χ0) is 34.6. The van der Waals surface area contributed by atoms with Gasteiger partial charge >= 0.3 is 5.97 Å². The van der Waals surface area contributed by atoms with Crippen molar-refractivity contribution < 1.29 is 23.4 Å². The van der Waals surface area contributed by atoms with Crippen LogP contribution in [0.1, 0.15) is 29.1 Å². The topological polar surface area (TPSA) is 151 Å². The summed E-state index contributed by atoms with van der Waals surface area (Å²) in [5.74, 6) is -3.60. The second kappa shape index (κ2) is 12.1. The first kappa shape index (κ1) is 31.4. The molecule has 244 valence electrons. The summed E-state index contributed by atoms with van der Waals surface area (Å²) in [5.41, 5.74) is 7.44. The zero-order valence-electron chi connectivity index (χ0n) is 25.7. The molecule has 0 saturated carbocycles. The highest BCUT2D eigenvalue weighted by atomic mass is 35.5. The molecule has 49 heavy (non-hydrogen) atoms. The average molecular weight is 680 g/mol. The van der Waals surface area contributed by atoms with Crippen molar-refractivity contribution in [2.75, 3.05) is 12.8 Å². The zero-order valence-corrected chi connectivity index (χ0v) is 26.5. The second-order valence-electron chi connectivity index (χ2n) is 11.0. The van der Waals surface area contributed by atoms with Crippen molar-refractivity contribution in [2.45, 2.75) is 13.0 Å². The van der Waals surface area contributed by atoms with E-state index in [0.29, 0.717) is 16.8 Å². The number of nitrogens with two attached hydrogens (primary N) is 1. The van der Waals surface area contributed by atoms with E-state index >= 15 is 4.39 Å². The molecular weight excluding hydrogens is 656 g/mol. The Labute approximate surface area is 280 Å². The minimum Gasteiger partial charge on any atom is -0.494 e. The number of hydrogen-bond acceptors (Lipinski definition) is 8. The number of methoxy groups -OCH3 is 1. The van der Waals surface area contributed by atoms with Gasteiger partial charge in [0.05, 0.1) is 39.7 Å². The summed E-state index contributed by atoms with van der Waals surface area (Å²) < 4.78 is 38.0. The van der Waals surface area contributed by atoms with Gasteiger partial charge in [0, 0.05) is 11.1 Å². The van der Waals surface area contributed by atoms with E-state index < -0.39 is 29.2 Å². The lowest BCUT2D eigenvalue weighted by Crippen LogP contribution is -2.28. The molecule has 0 bridgehead atoms. The van der Waals surface area contributed by atoms with Gasteiger partial charge in [-0.15, -0.1) is 0 Å². The number of aromatic carboxylic acids is 1. The van der Waals surface area contributed by atoms with Crippen molar-refractivity contribution in [1.29, 1.82) is 0 Å². The Kier molecular flexibility index (Phi) is 7.76. The number of aromatic nitrogens is 6. The highest BCUT2D eigenvalue weighted by molar-refractivity contribution is 6.38. The Morgan fingerprint density at radius 3 is 2.45 bits per heavy atom. The van der Waals surface area contributed by atoms with Crippen molar-refractivity contribution in [3.05, 3.63) is 124 Å². The molecule has 0 radical (unpaired) electrons. The second-order valence-corrected chi connectivity index (χ2v) is 11.4. The summed E-state index contributed by atoms with van der Waals surface area (Å²) in [6.07, 6.45) is 1.22. The fourth-order valence-electron chi connectivity index (χ4n) is 5.84. The monoisotopic (exact) mass is 679 g/mol. The van der Waals surface area contributed by atoms with Crippen LogP contribution in [0, 0.1) is 11.6 Å². The highest BCUT2D eigenvalue weighted by Gasteiger charge is 2.28. The summed E-state index contributed by atoms with van der Waals surface area (Å²) in [5, 5.41) is 14.5. The number of fused-ring (bicyclic) bond motifs is 2. The fourth-order valence-corrected chi connectivity index (χ4v) is 6.19. The first-order valence-electron chi connectivity index (χ1n) is 14.8. The van der Waals surface area contributed by atoms with E-state index in [1.807, 2.05) is 0 Å². The number of para-hydroxylation sites is 1. The number of carbonyl (C=O) groups is 1. The maximum absolute atomic E-state index is 15.4. The summed E-state index contributed by atoms with van der Waals surface area (Å²) in [6.45, 7) is 1.72. The molecular formula is C35H24ClF2N7O4. The van der Waals surface area contributed by atoms with E-state index in [1.54, 1.807) is 61.5 Å². The third kappa shape index (κ3) is 5.11. The summed E-state index contributed by atoms with van der Waals surface area (Å²) in [6, 6.07) is 20.0. The number of ether oxygens (including phenoxy) is 1. The lowest BCUT2D eigenvalue weighted by molar-refractivity contribution is 0.0697. The van der Waals surface area contributed by atoms with E-state index in [9.17, 15) is 19.1 Å². The number of rotatable bonds is 7. The molecule has 11 nitrogen and oxygen atoms in total. The predicted octanol–water partition coefficient (Wildman–Crippen LogP) is 6.69.